The molecular weight excluding hydrogens is 450 g/mol. The lowest BCUT2D eigenvalue weighted by Gasteiger charge is -2.11. The molecule has 0 aliphatic heterocycles. The van der Waals surface area contributed by atoms with Crippen LogP contribution in [0.2, 0.25) is 0 Å². The Morgan fingerprint density at radius 1 is 1.14 bits per heavy atom. The Bertz CT molecular complexity index is 781. The van der Waals surface area contributed by atoms with Gasteiger partial charge in [-0.15, -0.1) is 0 Å². The maximum Gasteiger partial charge on any atom is 0.264 e. The van der Waals surface area contributed by atoms with Crippen molar-refractivity contribution in [3.8, 4) is 5.75 Å². The van der Waals surface area contributed by atoms with E-state index in [9.17, 15) is 12.8 Å². The third-order valence-electron chi connectivity index (χ3n) is 2.59. The van der Waals surface area contributed by atoms with Crippen LogP contribution in [0, 0.1) is 5.82 Å². The van der Waals surface area contributed by atoms with Crippen molar-refractivity contribution < 1.29 is 17.5 Å². The van der Waals surface area contributed by atoms with Crippen LogP contribution < -0.4 is 4.74 Å². The van der Waals surface area contributed by atoms with E-state index in [2.05, 4.69) is 31.9 Å². The number of ether oxygens (including phenoxy) is 1. The van der Waals surface area contributed by atoms with E-state index >= 15 is 0 Å². The highest BCUT2D eigenvalue weighted by molar-refractivity contribution is 9.10. The zero-order chi connectivity index (χ0) is 15.6. The van der Waals surface area contributed by atoms with Gasteiger partial charge < -0.3 is 4.74 Å². The number of halogens is 4. The fraction of sp³-hybridized carbons (Fsp3) is 0.0769. The van der Waals surface area contributed by atoms with E-state index < -0.39 is 19.8 Å². The number of benzene rings is 2. The lowest BCUT2D eigenvalue weighted by atomic mass is 10.2. The first kappa shape index (κ1) is 16.7. The van der Waals surface area contributed by atoms with Gasteiger partial charge >= 0.3 is 0 Å². The molecule has 0 N–H and O–H groups in total. The molecule has 0 fully saturated rings. The summed E-state index contributed by atoms with van der Waals surface area (Å²) in [5, 5.41) is 0. The second-order valence-corrected chi connectivity index (χ2v) is 8.27. The maximum atomic E-state index is 13.8. The van der Waals surface area contributed by atoms with Gasteiger partial charge in [-0.05, 0) is 28.1 Å². The van der Waals surface area contributed by atoms with E-state index in [1.54, 1.807) is 0 Å². The average Bonchev–Trinajstić information content (AvgIpc) is 2.39. The van der Waals surface area contributed by atoms with E-state index in [0.717, 1.165) is 22.2 Å². The Balaban J connectivity index is 2.26. The topological polar surface area (TPSA) is 43.4 Å². The largest absolute Gasteiger partial charge is 0.488 e. The predicted molar refractivity (Wildman–Crippen MR) is 85.6 cm³/mol. The van der Waals surface area contributed by atoms with Gasteiger partial charge in [0.15, 0.2) is 0 Å². The van der Waals surface area contributed by atoms with Crippen molar-refractivity contribution in [1.82, 2.24) is 0 Å². The summed E-state index contributed by atoms with van der Waals surface area (Å²) in [7, 11) is 1.00. The Morgan fingerprint density at radius 3 is 2.43 bits per heavy atom. The molecule has 2 rings (SSSR count). The first-order valence-electron chi connectivity index (χ1n) is 5.59. The molecule has 112 valence electrons. The molecular formula is C13H8Br2ClFO3S. The van der Waals surface area contributed by atoms with Crippen molar-refractivity contribution >= 4 is 51.6 Å². The minimum absolute atomic E-state index is 0.187. The Morgan fingerprint density at radius 2 is 1.81 bits per heavy atom. The molecule has 2 aromatic rings. The van der Waals surface area contributed by atoms with E-state index in [1.165, 1.54) is 0 Å². The Labute approximate surface area is 142 Å². The Kier molecular flexibility index (Phi) is 5.29. The quantitative estimate of drug-likeness (QED) is 0.615. The van der Waals surface area contributed by atoms with Gasteiger partial charge in [-0.1, -0.05) is 34.1 Å². The third kappa shape index (κ3) is 4.18. The SMILES string of the molecule is O=S(=O)(Cl)c1cc(Br)c(OCc2ccccc2Br)cc1F. The van der Waals surface area contributed by atoms with E-state index in [4.69, 9.17) is 15.4 Å². The molecule has 0 heterocycles. The highest BCUT2D eigenvalue weighted by Gasteiger charge is 2.19. The van der Waals surface area contributed by atoms with Gasteiger partial charge in [-0.3, -0.25) is 0 Å². The summed E-state index contributed by atoms with van der Waals surface area (Å²) < 4.78 is 42.8. The van der Waals surface area contributed by atoms with Gasteiger partial charge in [0, 0.05) is 26.8 Å². The molecule has 2 aromatic carbocycles. The van der Waals surface area contributed by atoms with Crippen LogP contribution in [0.25, 0.3) is 0 Å². The van der Waals surface area contributed by atoms with Crippen LogP contribution in [0.3, 0.4) is 0 Å². The van der Waals surface area contributed by atoms with Crippen LogP contribution in [0.1, 0.15) is 5.56 Å². The first-order valence-corrected chi connectivity index (χ1v) is 9.48. The normalized spacial score (nSPS) is 11.4. The molecule has 8 heteroatoms. The summed E-state index contributed by atoms with van der Waals surface area (Å²) >= 11 is 6.52. The van der Waals surface area contributed by atoms with Gasteiger partial charge in [-0.25, -0.2) is 12.8 Å². The summed E-state index contributed by atoms with van der Waals surface area (Å²) in [6.45, 7) is 0.201. The van der Waals surface area contributed by atoms with Crippen molar-refractivity contribution in [1.29, 1.82) is 0 Å². The molecule has 0 saturated carbocycles. The van der Waals surface area contributed by atoms with Crippen molar-refractivity contribution in [3.63, 3.8) is 0 Å². The molecule has 21 heavy (non-hydrogen) atoms. The third-order valence-corrected chi connectivity index (χ3v) is 5.32. The van der Waals surface area contributed by atoms with Gasteiger partial charge in [0.05, 0.1) is 4.47 Å². The maximum absolute atomic E-state index is 13.8. The molecule has 0 radical (unpaired) electrons. The number of rotatable bonds is 4. The van der Waals surface area contributed by atoms with Gasteiger partial charge in [0.2, 0.25) is 0 Å². The summed E-state index contributed by atoms with van der Waals surface area (Å²) in [6.07, 6.45) is 0. The van der Waals surface area contributed by atoms with E-state index in [0.29, 0.717) is 4.47 Å². The molecule has 0 unspecified atom stereocenters. The molecule has 0 saturated heterocycles. The molecule has 0 amide bonds. The van der Waals surface area contributed by atoms with Crippen molar-refractivity contribution in [2.75, 3.05) is 0 Å². The summed E-state index contributed by atoms with van der Waals surface area (Å²) in [5.74, 6) is -0.775. The number of hydrogen-bond donors (Lipinski definition) is 0. The Hall–Kier alpha value is -0.630. The monoisotopic (exact) mass is 456 g/mol. The molecule has 0 bridgehead atoms. The lowest BCUT2D eigenvalue weighted by Crippen LogP contribution is -2.00. The van der Waals surface area contributed by atoms with Crippen molar-refractivity contribution in [2.45, 2.75) is 11.5 Å². The summed E-state index contributed by atoms with van der Waals surface area (Å²) in [6, 6.07) is 9.48. The summed E-state index contributed by atoms with van der Waals surface area (Å²) in [4.78, 5) is -0.593. The minimum Gasteiger partial charge on any atom is -0.488 e. The molecule has 0 aromatic heterocycles. The zero-order valence-corrected chi connectivity index (χ0v) is 15.1. The standard InChI is InChI=1S/C13H8Br2ClFO3S/c14-9-4-2-1-3-8(9)7-20-12-6-11(17)13(5-10(12)15)21(16,18)19/h1-6H,7H2. The highest BCUT2D eigenvalue weighted by atomic mass is 79.9. The molecule has 0 aliphatic rings. The van der Waals surface area contributed by atoms with Crippen LogP contribution in [-0.2, 0) is 15.7 Å². The molecule has 3 nitrogen and oxygen atoms in total. The highest BCUT2D eigenvalue weighted by Crippen LogP contribution is 2.32. The predicted octanol–water partition coefficient (Wildman–Crippen LogP) is 4.86. The van der Waals surface area contributed by atoms with Crippen LogP contribution in [0.15, 0.2) is 50.2 Å². The average molecular weight is 459 g/mol. The smallest absolute Gasteiger partial charge is 0.264 e. The van der Waals surface area contributed by atoms with Crippen molar-refractivity contribution in [2.24, 2.45) is 0 Å². The fourth-order valence-electron chi connectivity index (χ4n) is 1.58. The van der Waals surface area contributed by atoms with Crippen LogP contribution in [-0.4, -0.2) is 8.42 Å². The van der Waals surface area contributed by atoms with E-state index in [-0.39, 0.29) is 12.4 Å². The molecule has 0 atom stereocenters. The fourth-order valence-corrected chi connectivity index (χ4v) is 3.49. The van der Waals surface area contributed by atoms with Crippen LogP contribution in [0.5, 0.6) is 5.75 Å². The minimum atomic E-state index is -4.14. The molecule has 0 aliphatic carbocycles. The molecule has 0 spiro atoms. The first-order chi connectivity index (χ1) is 9.79. The van der Waals surface area contributed by atoms with Crippen LogP contribution in [0.4, 0.5) is 4.39 Å². The van der Waals surface area contributed by atoms with Gasteiger partial charge in [-0.2, -0.15) is 0 Å². The second kappa shape index (κ2) is 6.64. The van der Waals surface area contributed by atoms with Gasteiger partial charge in [0.25, 0.3) is 9.05 Å². The summed E-state index contributed by atoms with van der Waals surface area (Å²) in [5.41, 5.74) is 0.874. The van der Waals surface area contributed by atoms with Gasteiger partial charge in [0.1, 0.15) is 23.1 Å². The zero-order valence-electron chi connectivity index (χ0n) is 10.3. The number of hydrogen-bond acceptors (Lipinski definition) is 3. The lowest BCUT2D eigenvalue weighted by molar-refractivity contribution is 0.301. The van der Waals surface area contributed by atoms with E-state index in [1.807, 2.05) is 24.3 Å². The van der Waals surface area contributed by atoms with Crippen molar-refractivity contribution in [3.05, 3.63) is 56.7 Å². The second-order valence-electron chi connectivity index (χ2n) is 4.03. The van der Waals surface area contributed by atoms with Crippen LogP contribution >= 0.6 is 42.5 Å².